The number of nitrogens with one attached hydrogen (secondary N) is 1. The van der Waals surface area contributed by atoms with E-state index in [1.165, 1.54) is 6.07 Å². The molecule has 0 saturated carbocycles. The molecule has 0 amide bonds. The van der Waals surface area contributed by atoms with E-state index >= 15 is 0 Å². The van der Waals surface area contributed by atoms with Crippen LogP contribution < -0.4 is 35.1 Å². The van der Waals surface area contributed by atoms with Gasteiger partial charge in [0.05, 0.1) is 6.20 Å². The van der Waals surface area contributed by atoms with Crippen LogP contribution in [-0.4, -0.2) is 14.6 Å². The molecule has 52 valence electrons. The second-order valence-corrected chi connectivity index (χ2v) is 1.97. The number of fused-ring (bicyclic) bond motifs is 1. The SMILES string of the molecule is O=c1ccn2nccc2[nH]1.[H-].[Na+]. The topological polar surface area (TPSA) is 50.2 Å². The van der Waals surface area contributed by atoms with Gasteiger partial charge in [0, 0.05) is 18.3 Å². The Labute approximate surface area is 86.0 Å². The van der Waals surface area contributed by atoms with Crippen molar-refractivity contribution in [3.63, 3.8) is 0 Å². The van der Waals surface area contributed by atoms with E-state index < -0.39 is 0 Å². The van der Waals surface area contributed by atoms with Crippen molar-refractivity contribution in [3.05, 3.63) is 34.9 Å². The molecule has 0 bridgehead atoms. The quantitative estimate of drug-likeness (QED) is 0.420. The summed E-state index contributed by atoms with van der Waals surface area (Å²) >= 11 is 0. The fourth-order valence-corrected chi connectivity index (χ4v) is 0.838. The molecular weight excluding hydrogens is 153 g/mol. The van der Waals surface area contributed by atoms with E-state index in [4.69, 9.17) is 0 Å². The molecule has 0 aliphatic rings. The maximum atomic E-state index is 10.7. The smallest absolute Gasteiger partial charge is 1.00 e. The van der Waals surface area contributed by atoms with E-state index in [2.05, 4.69) is 10.1 Å². The van der Waals surface area contributed by atoms with Crippen LogP contribution in [0.3, 0.4) is 0 Å². The molecule has 0 aliphatic carbocycles. The molecule has 0 fully saturated rings. The van der Waals surface area contributed by atoms with Gasteiger partial charge in [-0.25, -0.2) is 4.52 Å². The van der Waals surface area contributed by atoms with E-state index in [1.54, 1.807) is 23.0 Å². The molecule has 1 N–H and O–H groups in total. The van der Waals surface area contributed by atoms with Gasteiger partial charge in [0.1, 0.15) is 5.65 Å². The zero-order chi connectivity index (χ0) is 6.97. The molecular formula is C6H6N3NaO. The van der Waals surface area contributed by atoms with Crippen molar-refractivity contribution in [2.24, 2.45) is 0 Å². The Balaban J connectivity index is 0.000000605. The summed E-state index contributed by atoms with van der Waals surface area (Å²) in [7, 11) is 0. The van der Waals surface area contributed by atoms with E-state index in [0.717, 1.165) is 0 Å². The first kappa shape index (κ1) is 8.52. The van der Waals surface area contributed by atoms with Crippen LogP contribution in [0.15, 0.2) is 29.3 Å². The molecule has 0 aliphatic heterocycles. The summed E-state index contributed by atoms with van der Waals surface area (Å²) in [6, 6.07) is 3.17. The van der Waals surface area contributed by atoms with Crippen molar-refractivity contribution in [2.75, 3.05) is 0 Å². The van der Waals surface area contributed by atoms with Gasteiger partial charge in [0.2, 0.25) is 0 Å². The average molecular weight is 159 g/mol. The largest absolute Gasteiger partial charge is 1.00 e. The number of aromatic nitrogens is 3. The molecule has 0 saturated heterocycles. The molecule has 0 aromatic carbocycles. The van der Waals surface area contributed by atoms with Gasteiger partial charge >= 0.3 is 29.6 Å². The van der Waals surface area contributed by atoms with Crippen LogP contribution in [0, 0.1) is 0 Å². The molecule has 5 heteroatoms. The van der Waals surface area contributed by atoms with Crippen molar-refractivity contribution < 1.29 is 31.0 Å². The summed E-state index contributed by atoms with van der Waals surface area (Å²) < 4.78 is 1.60. The Kier molecular flexibility index (Phi) is 2.49. The first-order chi connectivity index (χ1) is 4.86. The maximum absolute atomic E-state index is 10.7. The summed E-state index contributed by atoms with van der Waals surface area (Å²) in [5.74, 6) is 0. The van der Waals surface area contributed by atoms with E-state index in [0.29, 0.717) is 5.65 Å². The monoisotopic (exact) mass is 159 g/mol. The summed E-state index contributed by atoms with van der Waals surface area (Å²) in [5.41, 5.74) is 0.612. The molecule has 0 unspecified atom stereocenters. The van der Waals surface area contributed by atoms with Gasteiger partial charge < -0.3 is 6.41 Å². The van der Waals surface area contributed by atoms with Crippen molar-refractivity contribution in [1.82, 2.24) is 14.6 Å². The van der Waals surface area contributed by atoms with Crippen LogP contribution in [-0.2, 0) is 0 Å². The predicted octanol–water partition coefficient (Wildman–Crippen LogP) is -2.86. The number of aromatic amines is 1. The fraction of sp³-hybridized carbons (Fsp3) is 0. The Morgan fingerprint density at radius 1 is 1.55 bits per heavy atom. The molecule has 2 aromatic heterocycles. The molecule has 0 atom stereocenters. The van der Waals surface area contributed by atoms with E-state index in [1.807, 2.05) is 0 Å². The fourth-order valence-electron chi connectivity index (χ4n) is 0.838. The number of nitrogens with zero attached hydrogens (tertiary/aromatic N) is 2. The molecule has 0 radical (unpaired) electrons. The summed E-state index contributed by atoms with van der Waals surface area (Å²) in [6.07, 6.45) is 3.25. The number of hydrogen-bond donors (Lipinski definition) is 1. The summed E-state index contributed by atoms with van der Waals surface area (Å²) in [4.78, 5) is 13.3. The molecule has 2 aromatic rings. The maximum Gasteiger partial charge on any atom is 1.00 e. The molecule has 2 rings (SSSR count). The molecule has 11 heavy (non-hydrogen) atoms. The zero-order valence-corrected chi connectivity index (χ0v) is 8.11. The predicted molar refractivity (Wildman–Crippen MR) is 36.9 cm³/mol. The Morgan fingerprint density at radius 3 is 3.18 bits per heavy atom. The van der Waals surface area contributed by atoms with Crippen molar-refractivity contribution in [1.29, 1.82) is 0 Å². The average Bonchev–Trinajstić information content (AvgIpc) is 2.33. The van der Waals surface area contributed by atoms with Crippen LogP contribution in [0.4, 0.5) is 0 Å². The van der Waals surface area contributed by atoms with Gasteiger partial charge in [-0.15, -0.1) is 0 Å². The first-order valence-electron chi connectivity index (χ1n) is 2.89. The van der Waals surface area contributed by atoms with E-state index in [-0.39, 0.29) is 36.5 Å². The minimum atomic E-state index is -0.104. The standard InChI is InChI=1S/C6H5N3O.Na.H/c10-6-2-4-9-5(8-6)1-3-7-9;;/h1-4H,(H,8,10);;/q;+1;-1. The minimum absolute atomic E-state index is 0. The third-order valence-corrected chi connectivity index (χ3v) is 1.29. The Bertz CT molecular complexity index is 410. The van der Waals surface area contributed by atoms with Crippen molar-refractivity contribution >= 4 is 5.65 Å². The van der Waals surface area contributed by atoms with Crippen molar-refractivity contribution in [2.45, 2.75) is 0 Å². The second-order valence-electron chi connectivity index (χ2n) is 1.97. The zero-order valence-electron chi connectivity index (χ0n) is 7.11. The van der Waals surface area contributed by atoms with E-state index in [9.17, 15) is 4.79 Å². The Morgan fingerprint density at radius 2 is 2.36 bits per heavy atom. The van der Waals surface area contributed by atoms with Crippen LogP contribution in [0.25, 0.3) is 5.65 Å². The minimum Gasteiger partial charge on any atom is -1.00 e. The molecule has 2 heterocycles. The number of rotatable bonds is 0. The third kappa shape index (κ3) is 1.53. The van der Waals surface area contributed by atoms with Gasteiger partial charge in [-0.05, 0) is 0 Å². The summed E-state index contributed by atoms with van der Waals surface area (Å²) in [5, 5.41) is 3.91. The molecule has 4 nitrogen and oxygen atoms in total. The third-order valence-electron chi connectivity index (χ3n) is 1.29. The van der Waals surface area contributed by atoms with Crippen molar-refractivity contribution in [3.8, 4) is 0 Å². The first-order valence-corrected chi connectivity index (χ1v) is 2.89. The van der Waals surface area contributed by atoms with Crippen LogP contribution in [0.2, 0.25) is 0 Å². The van der Waals surface area contributed by atoms with Gasteiger partial charge in [-0.1, -0.05) is 0 Å². The molecule has 0 spiro atoms. The van der Waals surface area contributed by atoms with Crippen LogP contribution in [0.5, 0.6) is 0 Å². The van der Waals surface area contributed by atoms with Crippen LogP contribution in [0.1, 0.15) is 1.43 Å². The summed E-state index contributed by atoms with van der Waals surface area (Å²) in [6.45, 7) is 0. The van der Waals surface area contributed by atoms with Gasteiger partial charge in [-0.3, -0.25) is 4.79 Å². The second kappa shape index (κ2) is 3.21. The normalized spacial score (nSPS) is 9.45. The van der Waals surface area contributed by atoms with Crippen LogP contribution >= 0.6 is 0 Å². The van der Waals surface area contributed by atoms with Gasteiger partial charge in [0.25, 0.3) is 5.56 Å². The number of hydrogen-bond acceptors (Lipinski definition) is 2. The van der Waals surface area contributed by atoms with Gasteiger partial charge in [-0.2, -0.15) is 5.10 Å². The number of H-pyrrole nitrogens is 1. The Hall–Kier alpha value is -0.580. The van der Waals surface area contributed by atoms with Gasteiger partial charge in [0.15, 0.2) is 0 Å².